The lowest BCUT2D eigenvalue weighted by atomic mass is 9.76. The Kier molecular flexibility index (Phi) is 4.79. The molecule has 0 radical (unpaired) electrons. The van der Waals surface area contributed by atoms with E-state index in [2.05, 4.69) is 32.0 Å². The van der Waals surface area contributed by atoms with Crippen LogP contribution in [0.15, 0.2) is 30.4 Å². The molecule has 0 aliphatic carbocycles. The number of methoxy groups -OCH3 is 1. The molecule has 2 fully saturated rings. The molecular weight excluding hydrogens is 356 g/mol. The average molecular weight is 384 g/mol. The van der Waals surface area contributed by atoms with Gasteiger partial charge in [-0.15, -0.1) is 0 Å². The highest BCUT2D eigenvalue weighted by atomic mass is 16.5. The van der Waals surface area contributed by atoms with Crippen LogP contribution in [0.3, 0.4) is 0 Å². The highest BCUT2D eigenvalue weighted by molar-refractivity contribution is 5.93. The number of nitrogens with zero attached hydrogens (tertiary/aromatic N) is 2. The van der Waals surface area contributed by atoms with Crippen LogP contribution in [0.2, 0.25) is 0 Å². The number of ether oxygens (including phenoxy) is 2. The maximum absolute atomic E-state index is 13.3. The Morgan fingerprint density at radius 2 is 2.14 bits per heavy atom. The molecule has 4 atom stereocenters. The first-order valence-corrected chi connectivity index (χ1v) is 9.82. The van der Waals surface area contributed by atoms with Gasteiger partial charge in [0.25, 0.3) is 0 Å². The number of hydrogen-bond donors (Lipinski definition) is 0. The van der Waals surface area contributed by atoms with Gasteiger partial charge in [0.05, 0.1) is 31.1 Å². The first-order chi connectivity index (χ1) is 13.4. The number of amides is 2. The maximum atomic E-state index is 13.3. The number of rotatable bonds is 6. The molecule has 2 amide bonds. The number of aryl methyl sites for hydroxylation is 2. The fourth-order valence-corrected chi connectivity index (χ4v) is 4.71. The first-order valence-electron chi connectivity index (χ1n) is 9.82. The van der Waals surface area contributed by atoms with Crippen molar-refractivity contribution in [3.05, 3.63) is 47.0 Å². The van der Waals surface area contributed by atoms with E-state index in [1.54, 1.807) is 19.1 Å². The molecule has 2 saturated heterocycles. The van der Waals surface area contributed by atoms with E-state index in [1.807, 2.05) is 17.1 Å². The lowest BCUT2D eigenvalue weighted by Crippen LogP contribution is -2.45. The van der Waals surface area contributed by atoms with Gasteiger partial charge in [0, 0.05) is 27.2 Å². The lowest BCUT2D eigenvalue weighted by molar-refractivity contribution is -0.142. The smallest absolute Gasteiger partial charge is 0.230 e. The second kappa shape index (κ2) is 7.01. The highest BCUT2D eigenvalue weighted by Crippen LogP contribution is 2.52. The molecule has 28 heavy (non-hydrogen) atoms. The number of hydrogen-bond acceptors (Lipinski definition) is 4. The number of carbonyl (C=O) groups excluding carboxylic acids is 2. The molecule has 0 aromatic heterocycles. The molecule has 6 nitrogen and oxygen atoms in total. The summed E-state index contributed by atoms with van der Waals surface area (Å²) >= 11 is 0. The summed E-state index contributed by atoms with van der Waals surface area (Å²) < 4.78 is 11.3. The first kappa shape index (κ1) is 19.2. The average Bonchev–Trinajstić information content (AvgIpc) is 3.30. The minimum Gasteiger partial charge on any atom is -0.383 e. The van der Waals surface area contributed by atoms with Crippen LogP contribution >= 0.6 is 0 Å². The van der Waals surface area contributed by atoms with Gasteiger partial charge < -0.3 is 19.3 Å². The number of likely N-dealkylation sites (tertiary alicyclic amines) is 1. The second-order valence-electron chi connectivity index (χ2n) is 8.27. The van der Waals surface area contributed by atoms with Gasteiger partial charge in [-0.1, -0.05) is 30.4 Å². The van der Waals surface area contributed by atoms with Crippen molar-refractivity contribution in [3.63, 3.8) is 0 Å². The van der Waals surface area contributed by atoms with Crippen molar-refractivity contribution in [2.45, 2.75) is 32.1 Å². The van der Waals surface area contributed by atoms with E-state index < -0.39 is 17.4 Å². The minimum absolute atomic E-state index is 0.0172. The Balaban J connectivity index is 1.54. The molecule has 0 saturated carbocycles. The molecule has 150 valence electrons. The molecule has 4 rings (SSSR count). The molecule has 3 aliphatic heterocycles. The molecule has 1 aromatic carbocycles. The van der Waals surface area contributed by atoms with Gasteiger partial charge in [-0.3, -0.25) is 9.59 Å². The Labute approximate surface area is 166 Å². The van der Waals surface area contributed by atoms with Crippen molar-refractivity contribution < 1.29 is 19.1 Å². The van der Waals surface area contributed by atoms with Crippen LogP contribution < -0.4 is 0 Å². The monoisotopic (exact) mass is 384 g/mol. The van der Waals surface area contributed by atoms with Crippen molar-refractivity contribution in [1.29, 1.82) is 0 Å². The molecular formula is C22H28N2O4. The van der Waals surface area contributed by atoms with Crippen LogP contribution in [0.4, 0.5) is 0 Å². The lowest BCUT2D eigenvalue weighted by Gasteiger charge is -2.27. The molecule has 1 aromatic rings. The number of likely N-dealkylation sites (N-methyl/N-ethyl adjacent to an activating group) is 1. The molecule has 3 heterocycles. The van der Waals surface area contributed by atoms with E-state index in [1.165, 1.54) is 11.1 Å². The van der Waals surface area contributed by atoms with Gasteiger partial charge in [-0.2, -0.15) is 0 Å². The van der Waals surface area contributed by atoms with Crippen LogP contribution in [0, 0.1) is 25.7 Å². The topological polar surface area (TPSA) is 59.1 Å². The predicted molar refractivity (Wildman–Crippen MR) is 105 cm³/mol. The van der Waals surface area contributed by atoms with Crippen molar-refractivity contribution in [2.75, 3.05) is 33.9 Å². The third-order valence-corrected chi connectivity index (χ3v) is 6.42. The SMILES string of the molecule is COCCN(C)C(=O)[C@H]1[C@@H]2C=C[C@@]3(CN(Cc4ccc(C)c(C)c4)C(=O)[C@H]13)O2. The van der Waals surface area contributed by atoms with E-state index in [4.69, 9.17) is 9.47 Å². The highest BCUT2D eigenvalue weighted by Gasteiger charge is 2.67. The fraction of sp³-hybridized carbons (Fsp3) is 0.545. The van der Waals surface area contributed by atoms with E-state index in [-0.39, 0.29) is 17.9 Å². The number of fused-ring (bicyclic) bond motifs is 1. The van der Waals surface area contributed by atoms with Crippen LogP contribution in [-0.4, -0.2) is 67.2 Å². The summed E-state index contributed by atoms with van der Waals surface area (Å²) in [6, 6.07) is 6.28. The van der Waals surface area contributed by atoms with Gasteiger partial charge in [-0.05, 0) is 30.5 Å². The Morgan fingerprint density at radius 3 is 2.86 bits per heavy atom. The van der Waals surface area contributed by atoms with E-state index in [0.29, 0.717) is 26.2 Å². The Bertz CT molecular complexity index is 836. The zero-order valence-corrected chi connectivity index (χ0v) is 17.0. The predicted octanol–water partition coefficient (Wildman–Crippen LogP) is 1.69. The van der Waals surface area contributed by atoms with Crippen molar-refractivity contribution in [1.82, 2.24) is 9.80 Å². The van der Waals surface area contributed by atoms with Gasteiger partial charge in [-0.25, -0.2) is 0 Å². The van der Waals surface area contributed by atoms with Crippen LogP contribution in [0.1, 0.15) is 16.7 Å². The quantitative estimate of drug-likeness (QED) is 0.701. The van der Waals surface area contributed by atoms with E-state index in [9.17, 15) is 9.59 Å². The molecule has 2 bridgehead atoms. The standard InChI is InChI=1S/C22H28N2O4/c1-14-5-6-16(11-15(14)2)12-24-13-22-8-7-17(28-22)18(19(22)21(24)26)20(25)23(3)9-10-27-4/h5-8,11,17-19H,9-10,12-13H2,1-4H3/t17-,18-,19-,22-/m0/s1. The van der Waals surface area contributed by atoms with Gasteiger partial charge in [0.15, 0.2) is 0 Å². The third kappa shape index (κ3) is 2.95. The molecule has 0 N–H and O–H groups in total. The number of carbonyl (C=O) groups is 2. The largest absolute Gasteiger partial charge is 0.383 e. The number of benzene rings is 1. The zero-order valence-electron chi connectivity index (χ0n) is 17.0. The summed E-state index contributed by atoms with van der Waals surface area (Å²) in [7, 11) is 3.37. The summed E-state index contributed by atoms with van der Waals surface area (Å²) in [5.74, 6) is -0.918. The van der Waals surface area contributed by atoms with E-state index >= 15 is 0 Å². The summed E-state index contributed by atoms with van der Waals surface area (Å²) in [5.41, 5.74) is 2.89. The fourth-order valence-electron chi connectivity index (χ4n) is 4.71. The summed E-state index contributed by atoms with van der Waals surface area (Å²) in [6.45, 7) is 6.18. The van der Waals surface area contributed by atoms with E-state index in [0.717, 1.165) is 5.56 Å². The summed E-state index contributed by atoms with van der Waals surface area (Å²) in [6.07, 6.45) is 3.64. The van der Waals surface area contributed by atoms with Crippen molar-refractivity contribution in [3.8, 4) is 0 Å². The maximum Gasteiger partial charge on any atom is 0.230 e. The Hall–Kier alpha value is -2.18. The second-order valence-corrected chi connectivity index (χ2v) is 8.27. The van der Waals surface area contributed by atoms with Crippen LogP contribution in [-0.2, 0) is 25.6 Å². The van der Waals surface area contributed by atoms with Gasteiger partial charge in [0.2, 0.25) is 11.8 Å². The van der Waals surface area contributed by atoms with Crippen LogP contribution in [0.5, 0.6) is 0 Å². The molecule has 6 heteroatoms. The Morgan fingerprint density at radius 1 is 1.36 bits per heavy atom. The van der Waals surface area contributed by atoms with Gasteiger partial charge >= 0.3 is 0 Å². The van der Waals surface area contributed by atoms with Crippen molar-refractivity contribution >= 4 is 11.8 Å². The third-order valence-electron chi connectivity index (χ3n) is 6.42. The van der Waals surface area contributed by atoms with Gasteiger partial charge in [0.1, 0.15) is 5.60 Å². The van der Waals surface area contributed by atoms with Crippen molar-refractivity contribution in [2.24, 2.45) is 11.8 Å². The zero-order chi connectivity index (χ0) is 20.1. The molecule has 1 spiro atoms. The van der Waals surface area contributed by atoms with Crippen LogP contribution in [0.25, 0.3) is 0 Å². The normalized spacial score (nSPS) is 30.2. The summed E-state index contributed by atoms with van der Waals surface area (Å²) in [4.78, 5) is 29.8. The molecule has 3 aliphatic rings. The summed E-state index contributed by atoms with van der Waals surface area (Å²) in [5, 5.41) is 0. The molecule has 0 unspecified atom stereocenters. The minimum atomic E-state index is -0.663.